The molecule has 2 rings (SSSR count). The van der Waals surface area contributed by atoms with Crippen LogP contribution >= 0.6 is 11.6 Å². The second kappa shape index (κ2) is 7.66. The van der Waals surface area contributed by atoms with Gasteiger partial charge in [0, 0.05) is 12.1 Å². The summed E-state index contributed by atoms with van der Waals surface area (Å²) >= 11 is 5.90. The number of hydrogen-bond acceptors (Lipinski definition) is 3. The molecule has 1 aromatic carbocycles. The van der Waals surface area contributed by atoms with Gasteiger partial charge in [-0.3, -0.25) is 4.79 Å². The summed E-state index contributed by atoms with van der Waals surface area (Å²) in [6.07, 6.45) is 2.06. The van der Waals surface area contributed by atoms with Crippen molar-refractivity contribution in [3.8, 4) is 5.75 Å². The molecule has 0 aliphatic carbocycles. The van der Waals surface area contributed by atoms with Crippen LogP contribution in [0.2, 0.25) is 5.02 Å². The maximum absolute atomic E-state index is 12.3. The number of carbonyl (C=O) groups is 1. The smallest absolute Gasteiger partial charge is 0.239 e. The molecule has 1 heterocycles. The Hall–Kier alpha value is -1.26. The van der Waals surface area contributed by atoms with Gasteiger partial charge in [0.05, 0.1) is 12.6 Å². The number of benzene rings is 1. The Morgan fingerprint density at radius 3 is 3.05 bits per heavy atom. The zero-order valence-electron chi connectivity index (χ0n) is 12.6. The Balaban J connectivity index is 1.76. The highest BCUT2D eigenvalue weighted by Gasteiger charge is 2.26. The van der Waals surface area contributed by atoms with Gasteiger partial charge in [0.2, 0.25) is 5.91 Å². The maximum Gasteiger partial charge on any atom is 0.239 e. The lowest BCUT2D eigenvalue weighted by Crippen LogP contribution is -2.49. The van der Waals surface area contributed by atoms with E-state index in [1.54, 1.807) is 17.0 Å². The van der Waals surface area contributed by atoms with Crippen molar-refractivity contribution in [3.63, 3.8) is 0 Å². The van der Waals surface area contributed by atoms with Crippen LogP contribution in [0.3, 0.4) is 0 Å². The Bertz CT molecular complexity index is 481. The van der Waals surface area contributed by atoms with E-state index in [0.717, 1.165) is 25.1 Å². The van der Waals surface area contributed by atoms with Gasteiger partial charge in [0.1, 0.15) is 12.4 Å². The minimum absolute atomic E-state index is 0.0510. The van der Waals surface area contributed by atoms with Crippen molar-refractivity contribution in [1.29, 1.82) is 0 Å². The molecule has 0 radical (unpaired) electrons. The van der Waals surface area contributed by atoms with Gasteiger partial charge in [-0.2, -0.15) is 0 Å². The van der Waals surface area contributed by atoms with Crippen LogP contribution in [0.15, 0.2) is 24.3 Å². The molecular weight excluding hydrogens is 288 g/mol. The van der Waals surface area contributed by atoms with Crippen molar-refractivity contribution in [2.24, 2.45) is 5.92 Å². The standard InChI is InChI=1S/C16H23ClN2O2/c1-12-6-7-18-15(10-12)16(20)19(2)8-9-21-14-5-3-4-13(17)11-14/h3-5,11-12,15,18H,6-10H2,1-2H3. The topological polar surface area (TPSA) is 41.6 Å². The summed E-state index contributed by atoms with van der Waals surface area (Å²) in [5.41, 5.74) is 0. The molecule has 116 valence electrons. The first-order valence-electron chi connectivity index (χ1n) is 7.43. The van der Waals surface area contributed by atoms with Gasteiger partial charge in [-0.15, -0.1) is 0 Å². The molecule has 5 heteroatoms. The summed E-state index contributed by atoms with van der Waals surface area (Å²) in [4.78, 5) is 14.1. The Kier molecular flexibility index (Phi) is 5.88. The molecule has 1 N–H and O–H groups in total. The van der Waals surface area contributed by atoms with Gasteiger partial charge in [-0.05, 0) is 43.5 Å². The minimum atomic E-state index is -0.0510. The summed E-state index contributed by atoms with van der Waals surface area (Å²) in [7, 11) is 1.82. The molecule has 0 saturated carbocycles. The van der Waals surface area contributed by atoms with Crippen LogP contribution < -0.4 is 10.1 Å². The molecule has 1 aliphatic heterocycles. The van der Waals surface area contributed by atoms with Crippen LogP contribution in [0.1, 0.15) is 19.8 Å². The zero-order valence-corrected chi connectivity index (χ0v) is 13.4. The van der Waals surface area contributed by atoms with Gasteiger partial charge < -0.3 is 15.0 Å². The Morgan fingerprint density at radius 2 is 2.33 bits per heavy atom. The molecular formula is C16H23ClN2O2. The fourth-order valence-electron chi connectivity index (χ4n) is 2.53. The van der Waals surface area contributed by atoms with E-state index in [1.165, 1.54) is 0 Å². The Labute approximate surface area is 131 Å². The van der Waals surface area contributed by atoms with Gasteiger partial charge in [0.15, 0.2) is 0 Å². The number of nitrogens with one attached hydrogen (secondary N) is 1. The number of rotatable bonds is 5. The number of ether oxygens (including phenoxy) is 1. The maximum atomic E-state index is 12.3. The predicted octanol–water partition coefficient (Wildman–Crippen LogP) is 2.57. The van der Waals surface area contributed by atoms with Gasteiger partial charge in [-0.25, -0.2) is 0 Å². The van der Waals surface area contributed by atoms with Crippen molar-refractivity contribution in [3.05, 3.63) is 29.3 Å². The summed E-state index contributed by atoms with van der Waals surface area (Å²) < 4.78 is 5.62. The van der Waals surface area contributed by atoms with E-state index in [0.29, 0.717) is 24.1 Å². The fourth-order valence-corrected chi connectivity index (χ4v) is 2.71. The summed E-state index contributed by atoms with van der Waals surface area (Å²) in [5, 5.41) is 3.95. The van der Waals surface area contributed by atoms with E-state index >= 15 is 0 Å². The third kappa shape index (κ3) is 4.90. The number of amides is 1. The lowest BCUT2D eigenvalue weighted by molar-refractivity contribution is -0.133. The lowest BCUT2D eigenvalue weighted by Gasteiger charge is -2.30. The molecule has 1 aliphatic rings. The Morgan fingerprint density at radius 1 is 1.52 bits per heavy atom. The first-order valence-corrected chi connectivity index (χ1v) is 7.81. The average molecular weight is 311 g/mol. The highest BCUT2D eigenvalue weighted by Crippen LogP contribution is 2.18. The van der Waals surface area contributed by atoms with Crippen molar-refractivity contribution >= 4 is 17.5 Å². The molecule has 21 heavy (non-hydrogen) atoms. The summed E-state index contributed by atoms with van der Waals surface area (Å²) in [5.74, 6) is 1.49. The summed E-state index contributed by atoms with van der Waals surface area (Å²) in [6.45, 7) is 4.15. The number of carbonyl (C=O) groups excluding carboxylic acids is 1. The van der Waals surface area contributed by atoms with Crippen LogP contribution in [0, 0.1) is 5.92 Å². The van der Waals surface area contributed by atoms with Crippen LogP contribution in [0.25, 0.3) is 0 Å². The molecule has 2 atom stereocenters. The van der Waals surface area contributed by atoms with E-state index in [4.69, 9.17) is 16.3 Å². The highest BCUT2D eigenvalue weighted by atomic mass is 35.5. The largest absolute Gasteiger partial charge is 0.492 e. The molecule has 4 nitrogen and oxygen atoms in total. The van der Waals surface area contributed by atoms with Crippen molar-refractivity contribution in [2.75, 3.05) is 26.7 Å². The van der Waals surface area contributed by atoms with Crippen LogP contribution in [0.5, 0.6) is 5.75 Å². The number of piperidine rings is 1. The minimum Gasteiger partial charge on any atom is -0.492 e. The van der Waals surface area contributed by atoms with Crippen molar-refractivity contribution in [1.82, 2.24) is 10.2 Å². The molecule has 1 amide bonds. The first-order chi connectivity index (χ1) is 10.1. The number of halogens is 1. The van der Waals surface area contributed by atoms with E-state index in [1.807, 2.05) is 19.2 Å². The van der Waals surface area contributed by atoms with Gasteiger partial charge in [-0.1, -0.05) is 24.6 Å². The van der Waals surface area contributed by atoms with E-state index < -0.39 is 0 Å². The molecule has 1 fully saturated rings. The normalized spacial score (nSPS) is 21.9. The van der Waals surface area contributed by atoms with Crippen LogP contribution in [-0.2, 0) is 4.79 Å². The van der Waals surface area contributed by atoms with E-state index in [-0.39, 0.29) is 11.9 Å². The van der Waals surface area contributed by atoms with Crippen LogP contribution in [0.4, 0.5) is 0 Å². The molecule has 0 bridgehead atoms. The van der Waals surface area contributed by atoms with Gasteiger partial charge >= 0.3 is 0 Å². The number of hydrogen-bond donors (Lipinski definition) is 1. The molecule has 1 aromatic rings. The third-order valence-electron chi connectivity index (χ3n) is 3.83. The van der Waals surface area contributed by atoms with Crippen molar-refractivity contribution in [2.45, 2.75) is 25.8 Å². The molecule has 1 saturated heterocycles. The van der Waals surface area contributed by atoms with Crippen LogP contribution in [-0.4, -0.2) is 43.6 Å². The zero-order chi connectivity index (χ0) is 15.2. The van der Waals surface area contributed by atoms with Crippen molar-refractivity contribution < 1.29 is 9.53 Å². The summed E-state index contributed by atoms with van der Waals surface area (Å²) in [6, 6.07) is 7.23. The number of nitrogens with zero attached hydrogens (tertiary/aromatic N) is 1. The second-order valence-electron chi connectivity index (χ2n) is 5.70. The first kappa shape index (κ1) is 16.1. The highest BCUT2D eigenvalue weighted by molar-refractivity contribution is 6.30. The lowest BCUT2D eigenvalue weighted by atomic mass is 9.93. The molecule has 2 unspecified atom stereocenters. The van der Waals surface area contributed by atoms with E-state index in [2.05, 4.69) is 12.2 Å². The van der Waals surface area contributed by atoms with Gasteiger partial charge in [0.25, 0.3) is 0 Å². The number of likely N-dealkylation sites (N-methyl/N-ethyl adjacent to an activating group) is 1. The molecule has 0 aromatic heterocycles. The SMILES string of the molecule is CC1CCNC(C(=O)N(C)CCOc2cccc(Cl)c2)C1. The molecule has 0 spiro atoms. The quantitative estimate of drug-likeness (QED) is 0.909. The second-order valence-corrected chi connectivity index (χ2v) is 6.14. The predicted molar refractivity (Wildman–Crippen MR) is 84.8 cm³/mol. The fraction of sp³-hybridized carbons (Fsp3) is 0.562. The monoisotopic (exact) mass is 310 g/mol. The average Bonchev–Trinajstić information content (AvgIpc) is 2.46. The third-order valence-corrected chi connectivity index (χ3v) is 4.07. The van der Waals surface area contributed by atoms with E-state index in [9.17, 15) is 4.79 Å².